The number of anilines is 1. The Bertz CT molecular complexity index is 650. The van der Waals surface area contributed by atoms with E-state index in [-0.39, 0.29) is 11.5 Å². The summed E-state index contributed by atoms with van der Waals surface area (Å²) in [6, 6.07) is 12.8. The molecule has 0 spiro atoms. The highest BCUT2D eigenvalue weighted by atomic mass is 16.5. The normalized spacial score (nSPS) is 9.95. The van der Waals surface area contributed by atoms with Crippen molar-refractivity contribution >= 4 is 17.6 Å². The molecular weight excluding hydrogens is 270 g/mol. The molecule has 2 aromatic carbocycles. The fourth-order valence-corrected chi connectivity index (χ4v) is 1.80. The Balaban J connectivity index is 2.10. The number of rotatable bonds is 5. The molecule has 21 heavy (non-hydrogen) atoms. The molecule has 108 valence electrons. The molecule has 2 aromatic rings. The number of benzene rings is 2. The lowest BCUT2D eigenvalue weighted by molar-refractivity contribution is 0.0697. The van der Waals surface area contributed by atoms with Gasteiger partial charge in [-0.2, -0.15) is 0 Å². The van der Waals surface area contributed by atoms with Crippen LogP contribution in [0.1, 0.15) is 27.6 Å². The van der Waals surface area contributed by atoms with Crippen molar-refractivity contribution in [3.05, 3.63) is 59.7 Å². The van der Waals surface area contributed by atoms with Gasteiger partial charge in [0, 0.05) is 11.3 Å². The molecule has 0 aliphatic heterocycles. The van der Waals surface area contributed by atoms with Gasteiger partial charge in [-0.3, -0.25) is 4.79 Å². The second-order valence-electron chi connectivity index (χ2n) is 4.30. The van der Waals surface area contributed by atoms with Crippen LogP contribution in [0.25, 0.3) is 0 Å². The van der Waals surface area contributed by atoms with E-state index in [9.17, 15) is 9.59 Å². The Hall–Kier alpha value is -2.82. The first-order valence-corrected chi connectivity index (χ1v) is 6.47. The summed E-state index contributed by atoms with van der Waals surface area (Å²) in [7, 11) is 0. The largest absolute Gasteiger partial charge is 0.494 e. The summed E-state index contributed by atoms with van der Waals surface area (Å²) >= 11 is 0. The number of carboxylic acids is 1. The third-order valence-corrected chi connectivity index (χ3v) is 2.79. The van der Waals surface area contributed by atoms with Crippen LogP contribution in [0.15, 0.2) is 48.5 Å². The third-order valence-electron chi connectivity index (χ3n) is 2.79. The molecular formula is C16H15NO4. The molecule has 1 amide bonds. The average molecular weight is 285 g/mol. The summed E-state index contributed by atoms with van der Waals surface area (Å²) in [4.78, 5) is 23.0. The highest BCUT2D eigenvalue weighted by Crippen LogP contribution is 2.16. The number of hydrogen-bond donors (Lipinski definition) is 2. The Morgan fingerprint density at radius 2 is 1.76 bits per heavy atom. The first-order valence-electron chi connectivity index (χ1n) is 6.47. The van der Waals surface area contributed by atoms with E-state index in [1.807, 2.05) is 6.92 Å². The minimum atomic E-state index is -1.06. The van der Waals surface area contributed by atoms with Crippen LogP contribution in [0.4, 0.5) is 5.69 Å². The Labute approximate surface area is 122 Å². The maximum Gasteiger partial charge on any atom is 0.335 e. The van der Waals surface area contributed by atoms with E-state index in [1.54, 1.807) is 30.3 Å². The van der Waals surface area contributed by atoms with Gasteiger partial charge in [0.1, 0.15) is 5.75 Å². The van der Waals surface area contributed by atoms with Gasteiger partial charge in [0.25, 0.3) is 5.91 Å². The van der Waals surface area contributed by atoms with Crippen LogP contribution in [-0.4, -0.2) is 23.6 Å². The van der Waals surface area contributed by atoms with Gasteiger partial charge >= 0.3 is 5.97 Å². The highest BCUT2D eigenvalue weighted by Gasteiger charge is 2.09. The van der Waals surface area contributed by atoms with Gasteiger partial charge < -0.3 is 15.2 Å². The molecule has 0 bridgehead atoms. The molecule has 0 radical (unpaired) electrons. The summed E-state index contributed by atoms with van der Waals surface area (Å²) in [5.41, 5.74) is 0.988. The number of carboxylic acid groups (broad SMARTS) is 1. The number of hydrogen-bond acceptors (Lipinski definition) is 3. The summed E-state index contributed by atoms with van der Waals surface area (Å²) in [6.45, 7) is 2.47. The number of nitrogens with one attached hydrogen (secondary N) is 1. The van der Waals surface area contributed by atoms with Crippen molar-refractivity contribution in [2.75, 3.05) is 11.9 Å². The van der Waals surface area contributed by atoms with Crippen LogP contribution in [0.5, 0.6) is 5.75 Å². The number of ether oxygens (including phenoxy) is 1. The Morgan fingerprint density at radius 3 is 2.38 bits per heavy atom. The maximum atomic E-state index is 12.1. The standard InChI is InChI=1S/C16H15NO4/c1-2-21-14-8-6-13(7-9-14)17-15(18)11-4-3-5-12(10-11)16(19)20/h3-10H,2H2,1H3,(H,17,18)(H,19,20). The fourth-order valence-electron chi connectivity index (χ4n) is 1.80. The first-order chi connectivity index (χ1) is 10.1. The number of carbonyl (C=O) groups excluding carboxylic acids is 1. The van der Waals surface area contributed by atoms with Gasteiger partial charge in [-0.05, 0) is 49.4 Å². The second-order valence-corrected chi connectivity index (χ2v) is 4.30. The zero-order valence-corrected chi connectivity index (χ0v) is 11.5. The molecule has 0 heterocycles. The molecule has 0 saturated heterocycles. The molecule has 2 N–H and O–H groups in total. The van der Waals surface area contributed by atoms with Crippen LogP contribution in [-0.2, 0) is 0 Å². The van der Waals surface area contributed by atoms with Crippen LogP contribution >= 0.6 is 0 Å². The molecule has 0 saturated carbocycles. The zero-order valence-electron chi connectivity index (χ0n) is 11.5. The molecule has 0 atom stereocenters. The van der Waals surface area contributed by atoms with Crippen molar-refractivity contribution < 1.29 is 19.4 Å². The number of amides is 1. The molecule has 0 unspecified atom stereocenters. The first kappa shape index (κ1) is 14.6. The lowest BCUT2D eigenvalue weighted by Crippen LogP contribution is -2.12. The summed E-state index contributed by atoms with van der Waals surface area (Å²) in [5.74, 6) is -0.698. The van der Waals surface area contributed by atoms with Crippen molar-refractivity contribution in [3.8, 4) is 5.75 Å². The molecule has 0 aliphatic rings. The van der Waals surface area contributed by atoms with Crippen molar-refractivity contribution in [1.82, 2.24) is 0 Å². The molecule has 0 aromatic heterocycles. The van der Waals surface area contributed by atoms with Gasteiger partial charge in [0.15, 0.2) is 0 Å². The van der Waals surface area contributed by atoms with Crippen LogP contribution in [0.2, 0.25) is 0 Å². The minimum Gasteiger partial charge on any atom is -0.494 e. The van der Waals surface area contributed by atoms with Gasteiger partial charge in [0.2, 0.25) is 0 Å². The second kappa shape index (κ2) is 6.56. The molecule has 2 rings (SSSR count). The monoisotopic (exact) mass is 285 g/mol. The van der Waals surface area contributed by atoms with Gasteiger partial charge in [-0.15, -0.1) is 0 Å². The van der Waals surface area contributed by atoms with E-state index < -0.39 is 5.97 Å². The lowest BCUT2D eigenvalue weighted by Gasteiger charge is -2.07. The highest BCUT2D eigenvalue weighted by molar-refractivity contribution is 6.05. The predicted molar refractivity (Wildman–Crippen MR) is 79.0 cm³/mol. The van der Waals surface area contributed by atoms with Crippen LogP contribution < -0.4 is 10.1 Å². The Morgan fingerprint density at radius 1 is 1.10 bits per heavy atom. The quantitative estimate of drug-likeness (QED) is 0.885. The summed E-state index contributed by atoms with van der Waals surface area (Å²) in [6.07, 6.45) is 0. The van der Waals surface area contributed by atoms with E-state index in [0.29, 0.717) is 17.9 Å². The molecule has 0 fully saturated rings. The molecule has 5 nitrogen and oxygen atoms in total. The smallest absolute Gasteiger partial charge is 0.335 e. The van der Waals surface area contributed by atoms with Crippen LogP contribution in [0, 0.1) is 0 Å². The third kappa shape index (κ3) is 3.82. The molecule has 5 heteroatoms. The van der Waals surface area contributed by atoms with Crippen LogP contribution in [0.3, 0.4) is 0 Å². The maximum absolute atomic E-state index is 12.1. The zero-order chi connectivity index (χ0) is 15.2. The van der Waals surface area contributed by atoms with Gasteiger partial charge in [0.05, 0.1) is 12.2 Å². The van der Waals surface area contributed by atoms with Crippen molar-refractivity contribution in [2.45, 2.75) is 6.92 Å². The van der Waals surface area contributed by atoms with E-state index in [4.69, 9.17) is 9.84 Å². The Kier molecular flexibility index (Phi) is 4.56. The molecule has 0 aliphatic carbocycles. The van der Waals surface area contributed by atoms with Gasteiger partial charge in [-0.1, -0.05) is 6.07 Å². The van der Waals surface area contributed by atoms with E-state index in [2.05, 4.69) is 5.32 Å². The number of aromatic carboxylic acids is 1. The van der Waals surface area contributed by atoms with Gasteiger partial charge in [-0.25, -0.2) is 4.79 Å². The van der Waals surface area contributed by atoms with E-state index in [0.717, 1.165) is 5.75 Å². The minimum absolute atomic E-state index is 0.0781. The fraction of sp³-hybridized carbons (Fsp3) is 0.125. The topological polar surface area (TPSA) is 75.6 Å². The van der Waals surface area contributed by atoms with Crippen molar-refractivity contribution in [2.24, 2.45) is 0 Å². The number of carbonyl (C=O) groups is 2. The SMILES string of the molecule is CCOc1ccc(NC(=O)c2cccc(C(=O)O)c2)cc1. The summed E-state index contributed by atoms with van der Waals surface area (Å²) < 4.78 is 5.31. The summed E-state index contributed by atoms with van der Waals surface area (Å²) in [5, 5.41) is 11.6. The predicted octanol–water partition coefficient (Wildman–Crippen LogP) is 3.04. The van der Waals surface area contributed by atoms with E-state index in [1.165, 1.54) is 18.2 Å². The van der Waals surface area contributed by atoms with E-state index >= 15 is 0 Å². The average Bonchev–Trinajstić information content (AvgIpc) is 2.49. The van der Waals surface area contributed by atoms with Crippen molar-refractivity contribution in [1.29, 1.82) is 0 Å². The van der Waals surface area contributed by atoms with Crippen molar-refractivity contribution in [3.63, 3.8) is 0 Å². The lowest BCUT2D eigenvalue weighted by atomic mass is 10.1.